The fourth-order valence-electron chi connectivity index (χ4n) is 2.64. The van der Waals surface area contributed by atoms with Crippen LogP contribution in [0, 0.1) is 12.8 Å². The molecule has 1 aliphatic heterocycles. The summed E-state index contributed by atoms with van der Waals surface area (Å²) in [5.74, 6) is -0.355. The van der Waals surface area contributed by atoms with Crippen molar-refractivity contribution < 1.29 is 17.9 Å². The molecule has 134 valence electrons. The van der Waals surface area contributed by atoms with Crippen molar-refractivity contribution in [2.75, 3.05) is 19.7 Å². The molecule has 0 saturated carbocycles. The van der Waals surface area contributed by atoms with Gasteiger partial charge in [0.15, 0.2) is 0 Å². The predicted octanol–water partition coefficient (Wildman–Crippen LogP) is 1.55. The molecule has 24 heavy (non-hydrogen) atoms. The van der Waals surface area contributed by atoms with Crippen LogP contribution in [0.15, 0.2) is 29.2 Å². The molecule has 1 aromatic carbocycles. The van der Waals surface area contributed by atoms with Crippen molar-refractivity contribution in [2.24, 2.45) is 5.92 Å². The van der Waals surface area contributed by atoms with Crippen LogP contribution in [-0.4, -0.2) is 51.1 Å². The second kappa shape index (κ2) is 7.63. The van der Waals surface area contributed by atoms with E-state index in [-0.39, 0.29) is 22.8 Å². The van der Waals surface area contributed by atoms with Gasteiger partial charge in [-0.1, -0.05) is 31.5 Å². The van der Waals surface area contributed by atoms with Crippen molar-refractivity contribution in [3.05, 3.63) is 29.8 Å². The summed E-state index contributed by atoms with van der Waals surface area (Å²) in [6, 6.07) is 5.79. The highest BCUT2D eigenvalue weighted by Gasteiger charge is 2.33. The Balaban J connectivity index is 2.18. The van der Waals surface area contributed by atoms with Gasteiger partial charge in [0.05, 0.1) is 17.6 Å². The van der Waals surface area contributed by atoms with Crippen LogP contribution in [0.5, 0.6) is 0 Å². The van der Waals surface area contributed by atoms with E-state index in [1.54, 1.807) is 29.2 Å². The number of hydrogen-bond donors (Lipinski definition) is 1. The van der Waals surface area contributed by atoms with Crippen LogP contribution < -0.4 is 4.72 Å². The van der Waals surface area contributed by atoms with Crippen molar-refractivity contribution >= 4 is 15.9 Å². The Labute approximate surface area is 144 Å². The molecule has 2 atom stereocenters. The van der Waals surface area contributed by atoms with Crippen LogP contribution in [0.4, 0.5) is 0 Å². The third-order valence-electron chi connectivity index (χ3n) is 4.10. The van der Waals surface area contributed by atoms with Gasteiger partial charge in [0.25, 0.3) is 0 Å². The lowest BCUT2D eigenvalue weighted by Gasteiger charge is -2.34. The lowest BCUT2D eigenvalue weighted by atomic mass is 10.0. The third kappa shape index (κ3) is 4.55. The summed E-state index contributed by atoms with van der Waals surface area (Å²) < 4.78 is 33.2. The molecule has 1 saturated heterocycles. The van der Waals surface area contributed by atoms with Crippen LogP contribution in [0.2, 0.25) is 0 Å². The van der Waals surface area contributed by atoms with Gasteiger partial charge in [-0.15, -0.1) is 0 Å². The van der Waals surface area contributed by atoms with E-state index in [9.17, 15) is 13.2 Å². The molecule has 2 rings (SSSR count). The molecule has 0 bridgehead atoms. The van der Waals surface area contributed by atoms with Gasteiger partial charge in [0.1, 0.15) is 6.04 Å². The molecule has 1 N–H and O–H groups in total. The number of sulfonamides is 1. The van der Waals surface area contributed by atoms with Crippen molar-refractivity contribution in [3.8, 4) is 0 Å². The maximum atomic E-state index is 12.8. The molecule has 6 nitrogen and oxygen atoms in total. The van der Waals surface area contributed by atoms with Crippen molar-refractivity contribution in [1.82, 2.24) is 9.62 Å². The number of carbonyl (C=O) groups excluding carboxylic acids is 1. The summed E-state index contributed by atoms with van der Waals surface area (Å²) in [6.45, 7) is 8.91. The van der Waals surface area contributed by atoms with Crippen molar-refractivity contribution in [1.29, 1.82) is 0 Å². The van der Waals surface area contributed by atoms with E-state index in [0.29, 0.717) is 19.7 Å². The number of amides is 1. The zero-order chi connectivity index (χ0) is 17.9. The van der Waals surface area contributed by atoms with Gasteiger partial charge in [-0.25, -0.2) is 8.42 Å². The number of carbonyl (C=O) groups is 1. The van der Waals surface area contributed by atoms with Crippen molar-refractivity contribution in [2.45, 2.75) is 44.7 Å². The molecule has 2 unspecified atom stereocenters. The van der Waals surface area contributed by atoms with Crippen LogP contribution >= 0.6 is 0 Å². The van der Waals surface area contributed by atoms with E-state index < -0.39 is 16.1 Å². The van der Waals surface area contributed by atoms with Gasteiger partial charge < -0.3 is 9.64 Å². The highest BCUT2D eigenvalue weighted by Crippen LogP contribution is 2.16. The molecule has 1 heterocycles. The van der Waals surface area contributed by atoms with Gasteiger partial charge >= 0.3 is 0 Å². The van der Waals surface area contributed by atoms with Gasteiger partial charge in [-0.3, -0.25) is 4.79 Å². The molecule has 1 aromatic rings. The van der Waals surface area contributed by atoms with Gasteiger partial charge in [-0.2, -0.15) is 4.72 Å². The SMILES string of the molecule is Cc1ccc(S(=O)(=O)NC(C(=O)N2CCOC(C)C2)C(C)C)cc1. The lowest BCUT2D eigenvalue weighted by Crippen LogP contribution is -2.55. The number of nitrogens with zero attached hydrogens (tertiary/aromatic N) is 1. The molecule has 0 aliphatic carbocycles. The van der Waals surface area contributed by atoms with E-state index in [2.05, 4.69) is 4.72 Å². The maximum absolute atomic E-state index is 12.8. The first-order chi connectivity index (χ1) is 11.2. The van der Waals surface area contributed by atoms with E-state index in [1.165, 1.54) is 0 Å². The Hall–Kier alpha value is -1.44. The van der Waals surface area contributed by atoms with Gasteiger partial charge in [0, 0.05) is 13.1 Å². The Kier molecular flexibility index (Phi) is 6.01. The molecule has 1 fully saturated rings. The fourth-order valence-corrected chi connectivity index (χ4v) is 3.98. The summed E-state index contributed by atoms with van der Waals surface area (Å²) in [5.41, 5.74) is 0.979. The predicted molar refractivity (Wildman–Crippen MR) is 92.1 cm³/mol. The molecule has 0 spiro atoms. The number of ether oxygens (including phenoxy) is 1. The quantitative estimate of drug-likeness (QED) is 0.870. The fraction of sp³-hybridized carbons (Fsp3) is 0.588. The first-order valence-corrected chi connectivity index (χ1v) is 9.68. The van der Waals surface area contributed by atoms with Crippen LogP contribution in [0.25, 0.3) is 0 Å². The van der Waals surface area contributed by atoms with E-state index in [0.717, 1.165) is 5.56 Å². The number of hydrogen-bond acceptors (Lipinski definition) is 4. The molecular formula is C17H26N2O4S. The zero-order valence-corrected chi connectivity index (χ0v) is 15.5. The first kappa shape index (κ1) is 18.9. The minimum atomic E-state index is -3.75. The highest BCUT2D eigenvalue weighted by molar-refractivity contribution is 7.89. The molecule has 1 aliphatic rings. The Morgan fingerprint density at radius 2 is 1.92 bits per heavy atom. The average Bonchev–Trinajstić information content (AvgIpc) is 2.52. The minimum Gasteiger partial charge on any atom is -0.375 e. The minimum absolute atomic E-state index is 0.0378. The molecule has 7 heteroatoms. The van der Waals surface area contributed by atoms with Crippen LogP contribution in [-0.2, 0) is 19.6 Å². The van der Waals surface area contributed by atoms with E-state index >= 15 is 0 Å². The lowest BCUT2D eigenvalue weighted by molar-refractivity contribution is -0.141. The number of aryl methyl sites for hydroxylation is 1. The standard InChI is InChI=1S/C17H26N2O4S/c1-12(2)16(17(20)19-9-10-23-14(4)11-19)18-24(21,22)15-7-5-13(3)6-8-15/h5-8,12,14,16,18H,9-11H2,1-4H3. The van der Waals surface area contributed by atoms with E-state index in [4.69, 9.17) is 4.74 Å². The topological polar surface area (TPSA) is 75.7 Å². The third-order valence-corrected chi connectivity index (χ3v) is 5.56. The molecule has 0 radical (unpaired) electrons. The molecular weight excluding hydrogens is 328 g/mol. The summed E-state index contributed by atoms with van der Waals surface area (Å²) in [4.78, 5) is 14.6. The number of morpholine rings is 1. The average molecular weight is 354 g/mol. The number of nitrogens with one attached hydrogen (secondary N) is 1. The number of benzene rings is 1. The summed E-state index contributed by atoms with van der Waals surface area (Å²) in [5, 5.41) is 0. The Morgan fingerprint density at radius 1 is 1.29 bits per heavy atom. The monoisotopic (exact) mass is 354 g/mol. The summed E-state index contributed by atoms with van der Waals surface area (Å²) in [6.07, 6.45) is -0.0378. The second-order valence-electron chi connectivity index (χ2n) is 6.62. The largest absolute Gasteiger partial charge is 0.375 e. The second-order valence-corrected chi connectivity index (χ2v) is 8.34. The molecule has 1 amide bonds. The first-order valence-electron chi connectivity index (χ1n) is 8.20. The van der Waals surface area contributed by atoms with Gasteiger partial charge in [0.2, 0.25) is 15.9 Å². The van der Waals surface area contributed by atoms with Crippen LogP contribution in [0.3, 0.4) is 0 Å². The summed E-state index contributed by atoms with van der Waals surface area (Å²) >= 11 is 0. The molecule has 0 aromatic heterocycles. The smallest absolute Gasteiger partial charge is 0.241 e. The Morgan fingerprint density at radius 3 is 2.46 bits per heavy atom. The number of rotatable bonds is 5. The van der Waals surface area contributed by atoms with Crippen molar-refractivity contribution in [3.63, 3.8) is 0 Å². The normalized spacial score (nSPS) is 20.2. The maximum Gasteiger partial charge on any atom is 0.241 e. The highest BCUT2D eigenvalue weighted by atomic mass is 32.2. The zero-order valence-electron chi connectivity index (χ0n) is 14.7. The van der Waals surface area contributed by atoms with E-state index in [1.807, 2.05) is 27.7 Å². The van der Waals surface area contributed by atoms with Gasteiger partial charge in [-0.05, 0) is 31.9 Å². The Bertz CT molecular complexity index is 670. The summed E-state index contributed by atoms with van der Waals surface area (Å²) in [7, 11) is -3.75. The van der Waals surface area contributed by atoms with Crippen LogP contribution in [0.1, 0.15) is 26.3 Å².